The van der Waals surface area contributed by atoms with Gasteiger partial charge in [0.25, 0.3) is 0 Å². The SMILES string of the molecule is C[C@](N)(c1ccc(F)cc1)c1cnc(N2CC=C(c3ncnn4cc(-c5cnn([C@@H]6COC[C@@H]6O)c5)cc34)CC2)nc1. The first-order valence-electron chi connectivity index (χ1n) is 13.8. The lowest BCUT2D eigenvalue weighted by Gasteiger charge is -2.28. The van der Waals surface area contributed by atoms with E-state index in [0.29, 0.717) is 25.7 Å². The minimum Gasteiger partial charge on any atom is -0.388 e. The van der Waals surface area contributed by atoms with Crippen molar-refractivity contribution in [3.05, 3.63) is 96.4 Å². The van der Waals surface area contributed by atoms with Crippen LogP contribution in [0.4, 0.5) is 10.3 Å². The molecule has 0 bridgehead atoms. The van der Waals surface area contributed by atoms with Crippen molar-refractivity contribution >= 4 is 17.0 Å². The number of anilines is 1. The number of ether oxygens (including phenoxy) is 1. The number of hydrogen-bond donors (Lipinski definition) is 2. The topological polar surface area (TPSA) is 133 Å². The van der Waals surface area contributed by atoms with Crippen LogP contribution in [0, 0.1) is 5.82 Å². The van der Waals surface area contributed by atoms with Gasteiger partial charge in [-0.25, -0.2) is 23.9 Å². The van der Waals surface area contributed by atoms with E-state index >= 15 is 0 Å². The van der Waals surface area contributed by atoms with Crippen LogP contribution < -0.4 is 10.6 Å². The molecule has 1 fully saturated rings. The van der Waals surface area contributed by atoms with E-state index in [2.05, 4.69) is 42.2 Å². The van der Waals surface area contributed by atoms with E-state index in [4.69, 9.17) is 10.5 Å². The Morgan fingerprint density at radius 3 is 2.52 bits per heavy atom. The summed E-state index contributed by atoms with van der Waals surface area (Å²) < 4.78 is 22.4. The Kier molecular flexibility index (Phi) is 6.53. The zero-order chi connectivity index (χ0) is 28.8. The molecule has 7 rings (SSSR count). The molecule has 2 aliphatic rings. The predicted molar refractivity (Wildman–Crippen MR) is 154 cm³/mol. The van der Waals surface area contributed by atoms with Gasteiger partial charge in [0, 0.05) is 54.6 Å². The summed E-state index contributed by atoms with van der Waals surface area (Å²) in [6.45, 7) is 3.99. The number of benzene rings is 1. The summed E-state index contributed by atoms with van der Waals surface area (Å²) in [4.78, 5) is 15.9. The fraction of sp³-hybridized carbons (Fsp3) is 0.300. The monoisotopic (exact) mass is 567 g/mol. The molecule has 0 saturated carbocycles. The van der Waals surface area contributed by atoms with Crippen LogP contribution in [-0.4, -0.2) is 71.9 Å². The van der Waals surface area contributed by atoms with Crippen LogP contribution >= 0.6 is 0 Å². The molecule has 1 saturated heterocycles. The van der Waals surface area contributed by atoms with Gasteiger partial charge in [0.1, 0.15) is 24.3 Å². The normalized spacial score (nSPS) is 20.6. The van der Waals surface area contributed by atoms with Gasteiger partial charge in [0.05, 0.1) is 36.2 Å². The summed E-state index contributed by atoms with van der Waals surface area (Å²) in [6.07, 6.45) is 13.1. The Hall–Kier alpha value is -4.52. The van der Waals surface area contributed by atoms with E-state index in [0.717, 1.165) is 52.0 Å². The Balaban J connectivity index is 1.09. The van der Waals surface area contributed by atoms with Crippen molar-refractivity contribution in [3.8, 4) is 11.1 Å². The summed E-state index contributed by atoms with van der Waals surface area (Å²) in [5.74, 6) is 0.319. The van der Waals surface area contributed by atoms with Gasteiger partial charge >= 0.3 is 0 Å². The molecular formula is C30H30FN9O2. The van der Waals surface area contributed by atoms with E-state index in [1.54, 1.807) is 41.7 Å². The van der Waals surface area contributed by atoms with Crippen LogP contribution in [0.3, 0.4) is 0 Å². The van der Waals surface area contributed by atoms with Crippen molar-refractivity contribution in [2.45, 2.75) is 31.0 Å². The van der Waals surface area contributed by atoms with Gasteiger partial charge < -0.3 is 20.5 Å². The van der Waals surface area contributed by atoms with Crippen LogP contribution in [0.5, 0.6) is 0 Å². The average molecular weight is 568 g/mol. The molecule has 0 spiro atoms. The molecule has 214 valence electrons. The van der Waals surface area contributed by atoms with E-state index in [1.165, 1.54) is 12.1 Å². The number of fused-ring (bicyclic) bond motifs is 1. The van der Waals surface area contributed by atoms with Crippen molar-refractivity contribution in [2.75, 3.05) is 31.2 Å². The highest BCUT2D eigenvalue weighted by atomic mass is 19.1. The molecule has 11 nitrogen and oxygen atoms in total. The lowest BCUT2D eigenvalue weighted by molar-refractivity contribution is 0.118. The van der Waals surface area contributed by atoms with E-state index in [1.807, 2.05) is 23.8 Å². The van der Waals surface area contributed by atoms with Gasteiger partial charge in [0.2, 0.25) is 5.95 Å². The molecule has 0 radical (unpaired) electrons. The largest absolute Gasteiger partial charge is 0.388 e. The summed E-state index contributed by atoms with van der Waals surface area (Å²) in [5, 5.41) is 19.1. The molecule has 0 unspecified atom stereocenters. The molecule has 0 amide bonds. The Morgan fingerprint density at radius 2 is 1.81 bits per heavy atom. The van der Waals surface area contributed by atoms with Gasteiger partial charge in [-0.3, -0.25) is 4.68 Å². The van der Waals surface area contributed by atoms with Gasteiger partial charge in [-0.15, -0.1) is 0 Å². The highest BCUT2D eigenvalue weighted by Gasteiger charge is 2.29. The molecule has 12 heteroatoms. The quantitative estimate of drug-likeness (QED) is 0.318. The fourth-order valence-corrected chi connectivity index (χ4v) is 5.57. The van der Waals surface area contributed by atoms with Gasteiger partial charge in [-0.05, 0) is 42.7 Å². The zero-order valence-corrected chi connectivity index (χ0v) is 23.0. The molecule has 1 aromatic carbocycles. The summed E-state index contributed by atoms with van der Waals surface area (Å²) >= 11 is 0. The first-order valence-corrected chi connectivity index (χ1v) is 13.8. The second-order valence-corrected chi connectivity index (χ2v) is 11.0. The fourth-order valence-electron chi connectivity index (χ4n) is 5.57. The summed E-state index contributed by atoms with van der Waals surface area (Å²) in [7, 11) is 0. The average Bonchev–Trinajstić information content (AvgIpc) is 3.77. The standard InChI is InChI=1S/C30H30FN9O2/c1-30(32,22-2-4-24(31)5-3-22)23-12-33-29(34-13-23)38-8-6-19(7-9-38)28-25-10-20(14-39(25)37-18-35-28)21-11-36-40(15-21)26-16-42-17-27(26)41/h2-6,10-15,18,26-27,41H,7-9,16-17,32H2,1H3/t26-,27+,30+/m1/s1. The van der Waals surface area contributed by atoms with Gasteiger partial charge in [0.15, 0.2) is 0 Å². The third-order valence-electron chi connectivity index (χ3n) is 8.18. The van der Waals surface area contributed by atoms with Crippen molar-refractivity contribution in [2.24, 2.45) is 5.73 Å². The van der Waals surface area contributed by atoms with E-state index < -0.39 is 11.6 Å². The number of aliphatic hydroxyl groups excluding tert-OH is 1. The molecule has 6 heterocycles. The highest BCUT2D eigenvalue weighted by molar-refractivity contribution is 5.80. The maximum absolute atomic E-state index is 13.4. The second kappa shape index (κ2) is 10.4. The Labute approximate surface area is 241 Å². The molecule has 4 aromatic heterocycles. The van der Waals surface area contributed by atoms with Crippen LogP contribution in [0.15, 0.2) is 73.7 Å². The zero-order valence-electron chi connectivity index (χ0n) is 23.0. The number of hydrogen-bond acceptors (Lipinski definition) is 9. The van der Waals surface area contributed by atoms with Crippen LogP contribution in [0.25, 0.3) is 22.2 Å². The van der Waals surface area contributed by atoms with Crippen LogP contribution in [0.1, 0.15) is 36.2 Å². The maximum atomic E-state index is 13.4. The Morgan fingerprint density at radius 1 is 1.00 bits per heavy atom. The Bertz CT molecular complexity index is 1760. The number of aromatic nitrogens is 7. The molecular weight excluding hydrogens is 537 g/mol. The van der Waals surface area contributed by atoms with Crippen LogP contribution in [-0.2, 0) is 10.3 Å². The number of nitrogens with zero attached hydrogens (tertiary/aromatic N) is 8. The molecule has 0 aliphatic carbocycles. The van der Waals surface area contributed by atoms with E-state index in [-0.39, 0.29) is 11.9 Å². The third kappa shape index (κ3) is 4.73. The van der Waals surface area contributed by atoms with Crippen molar-refractivity contribution in [1.82, 2.24) is 34.3 Å². The molecule has 3 atom stereocenters. The minimum absolute atomic E-state index is 0.184. The number of halogens is 1. The predicted octanol–water partition coefficient (Wildman–Crippen LogP) is 2.97. The first-order chi connectivity index (χ1) is 20.4. The molecule has 2 aliphatic heterocycles. The molecule has 5 aromatic rings. The van der Waals surface area contributed by atoms with Gasteiger partial charge in [-0.2, -0.15) is 10.2 Å². The van der Waals surface area contributed by atoms with Crippen molar-refractivity contribution in [3.63, 3.8) is 0 Å². The first kappa shape index (κ1) is 26.4. The maximum Gasteiger partial charge on any atom is 0.225 e. The van der Waals surface area contributed by atoms with Crippen molar-refractivity contribution in [1.29, 1.82) is 0 Å². The number of nitrogens with two attached hydrogens (primary N) is 1. The van der Waals surface area contributed by atoms with Crippen LogP contribution in [0.2, 0.25) is 0 Å². The van der Waals surface area contributed by atoms with Gasteiger partial charge in [-0.1, -0.05) is 18.2 Å². The highest BCUT2D eigenvalue weighted by Crippen LogP contribution is 2.31. The molecule has 3 N–H and O–H groups in total. The smallest absolute Gasteiger partial charge is 0.225 e. The number of rotatable bonds is 6. The molecule has 42 heavy (non-hydrogen) atoms. The second-order valence-electron chi connectivity index (χ2n) is 11.0. The lowest BCUT2D eigenvalue weighted by Crippen LogP contribution is -2.35. The number of aliphatic hydroxyl groups is 1. The summed E-state index contributed by atoms with van der Waals surface area (Å²) in [5.41, 5.74) is 12.1. The lowest BCUT2D eigenvalue weighted by atomic mass is 9.87. The van der Waals surface area contributed by atoms with Crippen molar-refractivity contribution < 1.29 is 14.2 Å². The van der Waals surface area contributed by atoms with E-state index in [9.17, 15) is 9.50 Å². The third-order valence-corrected chi connectivity index (χ3v) is 8.18. The summed E-state index contributed by atoms with van der Waals surface area (Å²) in [6, 6.07) is 8.06. The minimum atomic E-state index is -0.847.